The van der Waals surface area contributed by atoms with E-state index in [-0.39, 0.29) is 61.5 Å². The third kappa shape index (κ3) is 15.5. The first-order valence-electron chi connectivity index (χ1n) is 31.4. The van der Waals surface area contributed by atoms with Crippen molar-refractivity contribution in [3.63, 3.8) is 0 Å². The number of methoxy groups -OCH3 is 2. The summed E-state index contributed by atoms with van der Waals surface area (Å²) >= 11 is 13.0. The fraction of sp³-hybridized carbons (Fsp3) is 0.783. The second-order valence-electron chi connectivity index (χ2n) is 27.9. The first kappa shape index (κ1) is 73.0. The van der Waals surface area contributed by atoms with Gasteiger partial charge in [0.25, 0.3) is 0 Å². The van der Waals surface area contributed by atoms with Gasteiger partial charge >= 0.3 is 18.2 Å². The molecule has 1 N–H and O–H groups in total. The molecule has 0 spiro atoms. The Morgan fingerprint density at radius 2 is 1.03 bits per heavy atom. The van der Waals surface area contributed by atoms with E-state index in [1.54, 1.807) is 74.8 Å². The summed E-state index contributed by atoms with van der Waals surface area (Å²) in [6.45, 7) is 24.6. The van der Waals surface area contributed by atoms with Crippen molar-refractivity contribution in [2.45, 2.75) is 222 Å². The SMILES string of the molecule is CCOC(=O)C(COC)(OC[C@H]1O[C@@H](n2ncc3c(N(C(=O)OC(C)(C)C)C4CCCC4)nc(Cl)nc32)[C@@H]2OC(C)(C)O[C@@H]21)P(C)(C)=O.COCC(CO)(OC[C@H]1O[C@@H](n2ncc3c(N(C(=O)OC(C)(C)C)C4CCCC4)nc(Cl)nc32)[C@@H]2OC(C)(C)O[C@@H]21)P(C)(C)=O. The molecule has 4 aromatic heterocycles. The second-order valence-corrected chi connectivity index (χ2v) is 35.5. The molecule has 2 saturated carbocycles. The van der Waals surface area contributed by atoms with Gasteiger partial charge in [0.1, 0.15) is 62.1 Å². The highest BCUT2D eigenvalue weighted by atomic mass is 35.5. The molecule has 0 radical (unpaired) electrons. The van der Waals surface area contributed by atoms with Gasteiger partial charge in [0, 0.05) is 26.3 Å². The number of hydrogen-bond donors (Lipinski definition) is 1. The average Bonchev–Trinajstić information content (AvgIpc) is 1.60. The molecule has 2 unspecified atom stereocenters. The van der Waals surface area contributed by atoms with Gasteiger partial charge in [-0.15, -0.1) is 0 Å². The zero-order chi connectivity index (χ0) is 68.2. The summed E-state index contributed by atoms with van der Waals surface area (Å²) in [4.78, 5) is 61.5. The topological polar surface area (TPSA) is 319 Å². The molecule has 520 valence electrons. The maximum absolute atomic E-state index is 13.6. The summed E-state index contributed by atoms with van der Waals surface area (Å²) in [6, 6.07) is -0.261. The Morgan fingerprint density at radius 3 is 1.39 bits per heavy atom. The summed E-state index contributed by atoms with van der Waals surface area (Å²) in [5.74, 6) is -2.13. The standard InChI is InChI=1S/C31H47ClN5O10P.C29H45ClN5O9P/c1-10-42-26(38)31(17-41-7,48(8,9)40)43-16-20-21-22(46-30(5,6)45-21)25(44-20)37-24-19(15-33-37)23(34-27(32)35-24)36(18-13-11-12-14-18)28(39)47-29(2,3)4;1-27(2,3)44-26(37)34(17-11-9-10-12-17)22-18-13-31-35(23(18)33-25(30)32-22)24-21-20(42-28(4,5)43-21)19(41-24)14-40-29(15-36,16-39-6)45(7,8)38/h15,18,20-22,25H,10-14,16-17H2,1-9H3;13,17,19-21,24,36H,9-12,14-16H2,1-8H3/t20-,21-,22-,25-,31?;19-,20-,21-,24-,29?/m11/s1. The molecule has 93 heavy (non-hydrogen) atoms. The summed E-state index contributed by atoms with van der Waals surface area (Å²) in [5.41, 5.74) is -0.806. The number of aliphatic hydroxyl groups excluding tert-OH is 1. The summed E-state index contributed by atoms with van der Waals surface area (Å²) in [5, 5.41) is 17.0. The van der Waals surface area contributed by atoms with E-state index in [1.165, 1.54) is 32.2 Å². The number of rotatable bonds is 21. The third-order valence-electron chi connectivity index (χ3n) is 17.0. The maximum Gasteiger partial charge on any atom is 0.416 e. The monoisotopic (exact) mass is 1390 g/mol. The van der Waals surface area contributed by atoms with E-state index in [0.29, 0.717) is 27.9 Å². The Kier molecular flexibility index (Phi) is 21.9. The Bertz CT molecular complexity index is 3430. The number of hydrogen-bond acceptors (Lipinski definition) is 25. The number of anilines is 2. The summed E-state index contributed by atoms with van der Waals surface area (Å²) in [6.07, 6.45) is 3.35. The van der Waals surface area contributed by atoms with E-state index in [1.807, 2.05) is 41.5 Å². The Balaban J connectivity index is 0.000000220. The fourth-order valence-electron chi connectivity index (χ4n) is 12.7. The van der Waals surface area contributed by atoms with E-state index < -0.39 is 122 Å². The molecule has 33 heteroatoms. The van der Waals surface area contributed by atoms with Crippen LogP contribution in [0.15, 0.2) is 12.4 Å². The van der Waals surface area contributed by atoms with Crippen LogP contribution in [0.5, 0.6) is 0 Å². The van der Waals surface area contributed by atoms with Crippen molar-refractivity contribution in [2.75, 3.05) is 90.3 Å². The number of carbonyl (C=O) groups is 3. The van der Waals surface area contributed by atoms with E-state index in [2.05, 4.69) is 30.1 Å². The van der Waals surface area contributed by atoms with E-state index >= 15 is 0 Å². The number of fused-ring (bicyclic) bond motifs is 4. The van der Waals surface area contributed by atoms with Gasteiger partial charge in [-0.25, -0.2) is 23.7 Å². The van der Waals surface area contributed by atoms with Crippen LogP contribution in [-0.2, 0) is 75.5 Å². The van der Waals surface area contributed by atoms with Crippen molar-refractivity contribution in [2.24, 2.45) is 0 Å². The van der Waals surface area contributed by atoms with Crippen LogP contribution < -0.4 is 9.80 Å². The molecule has 2 amide bonds. The molecule has 0 bridgehead atoms. The van der Waals surface area contributed by atoms with Crippen molar-refractivity contribution in [3.05, 3.63) is 23.0 Å². The number of ether oxygens (including phenoxy) is 13. The van der Waals surface area contributed by atoms with Crippen LogP contribution in [0.4, 0.5) is 21.2 Å². The molecular formula is C60H92Cl2N10O19P2. The minimum atomic E-state index is -3.31. The highest BCUT2D eigenvalue weighted by molar-refractivity contribution is 7.65. The van der Waals surface area contributed by atoms with Gasteiger partial charge in [-0.2, -0.15) is 30.1 Å². The van der Waals surface area contributed by atoms with Crippen LogP contribution >= 0.6 is 37.5 Å². The molecule has 10 rings (SSSR count). The number of aliphatic hydroxyl groups is 1. The largest absolute Gasteiger partial charge is 0.463 e. The average molecular weight is 1390 g/mol. The van der Waals surface area contributed by atoms with Gasteiger partial charge in [-0.1, -0.05) is 25.7 Å². The number of aromatic nitrogens is 8. The normalized spacial score (nSPS) is 26.2. The van der Waals surface area contributed by atoms with Crippen molar-refractivity contribution < 1.29 is 90.2 Å². The molecule has 2 aliphatic carbocycles. The third-order valence-corrected chi connectivity index (χ3v) is 21.8. The lowest BCUT2D eigenvalue weighted by Gasteiger charge is -2.36. The van der Waals surface area contributed by atoms with Gasteiger partial charge in [0.05, 0.1) is 62.8 Å². The minimum absolute atomic E-state index is 0.0659. The predicted octanol–water partition coefficient (Wildman–Crippen LogP) is 9.68. The highest BCUT2D eigenvalue weighted by Gasteiger charge is 2.60. The van der Waals surface area contributed by atoms with Gasteiger partial charge in [-0.3, -0.25) is 9.80 Å². The van der Waals surface area contributed by atoms with Crippen molar-refractivity contribution in [1.82, 2.24) is 39.5 Å². The Labute approximate surface area is 552 Å². The molecule has 6 aliphatic rings. The lowest BCUT2D eigenvalue weighted by atomic mass is 10.1. The van der Waals surface area contributed by atoms with Crippen LogP contribution in [0.2, 0.25) is 10.6 Å². The molecule has 10 atom stereocenters. The van der Waals surface area contributed by atoms with Crippen LogP contribution in [0.1, 0.15) is 140 Å². The molecule has 4 saturated heterocycles. The molecule has 4 aliphatic heterocycles. The number of esters is 1. The molecule has 29 nitrogen and oxygen atoms in total. The van der Waals surface area contributed by atoms with Gasteiger partial charge in [0.2, 0.25) is 15.9 Å². The van der Waals surface area contributed by atoms with Crippen molar-refractivity contribution in [1.29, 1.82) is 0 Å². The van der Waals surface area contributed by atoms with Gasteiger partial charge in [0.15, 0.2) is 52.3 Å². The van der Waals surface area contributed by atoms with Crippen molar-refractivity contribution >= 4 is 89.3 Å². The predicted molar refractivity (Wildman–Crippen MR) is 342 cm³/mol. The molecule has 4 aromatic rings. The summed E-state index contributed by atoms with van der Waals surface area (Å²) in [7, 11) is -3.46. The zero-order valence-corrected chi connectivity index (χ0v) is 59.5. The molecular weight excluding hydrogens is 1300 g/mol. The quantitative estimate of drug-likeness (QED) is 0.0351. The lowest BCUT2D eigenvalue weighted by molar-refractivity contribution is -0.209. The van der Waals surface area contributed by atoms with E-state index in [9.17, 15) is 28.6 Å². The maximum atomic E-state index is 13.6. The summed E-state index contributed by atoms with van der Waals surface area (Å²) < 4.78 is 108. The first-order valence-corrected chi connectivity index (χ1v) is 37.4. The van der Waals surface area contributed by atoms with Crippen LogP contribution in [0.3, 0.4) is 0 Å². The smallest absolute Gasteiger partial charge is 0.416 e. The second kappa shape index (κ2) is 27.9. The first-order chi connectivity index (χ1) is 43.4. The fourth-order valence-corrected chi connectivity index (χ4v) is 15.5. The van der Waals surface area contributed by atoms with Gasteiger partial charge in [-0.05, 0) is 152 Å². The van der Waals surface area contributed by atoms with Crippen molar-refractivity contribution in [3.8, 4) is 0 Å². The van der Waals surface area contributed by atoms with Crippen LogP contribution in [0.25, 0.3) is 22.1 Å². The number of carbonyl (C=O) groups excluding carboxylic acids is 3. The molecule has 6 fully saturated rings. The Morgan fingerprint density at radius 1 is 0.634 bits per heavy atom. The zero-order valence-electron chi connectivity index (χ0n) is 56.2. The van der Waals surface area contributed by atoms with E-state index in [4.69, 9.17) is 84.8 Å². The number of nitrogens with zero attached hydrogens (tertiary/aromatic N) is 10. The van der Waals surface area contributed by atoms with E-state index in [0.717, 1.165) is 51.4 Å². The minimum Gasteiger partial charge on any atom is -0.463 e. The lowest BCUT2D eigenvalue weighted by Crippen LogP contribution is -2.49. The Hall–Kier alpha value is -4.29. The van der Waals surface area contributed by atoms with Crippen LogP contribution in [-0.4, -0.2) is 225 Å². The molecule has 8 heterocycles. The number of amides is 2. The van der Waals surface area contributed by atoms with Gasteiger partial charge < -0.3 is 75.8 Å². The highest BCUT2D eigenvalue weighted by Crippen LogP contribution is 2.55. The van der Waals surface area contributed by atoms with Crippen LogP contribution in [0, 0.1) is 0 Å². The number of halogens is 2. The molecule has 0 aromatic carbocycles.